The maximum absolute atomic E-state index is 11.8. The lowest BCUT2D eigenvalue weighted by atomic mass is 9.57. The van der Waals surface area contributed by atoms with Gasteiger partial charge in [-0.25, -0.2) is 0 Å². The van der Waals surface area contributed by atoms with Gasteiger partial charge in [0.25, 0.3) is 0 Å². The lowest BCUT2D eigenvalue weighted by Crippen LogP contribution is -2.57. The lowest BCUT2D eigenvalue weighted by molar-refractivity contribution is -0.148. The van der Waals surface area contributed by atoms with E-state index < -0.39 is 11.7 Å². The van der Waals surface area contributed by atoms with E-state index in [0.29, 0.717) is 11.8 Å². The van der Waals surface area contributed by atoms with Crippen LogP contribution in [0, 0.1) is 37.0 Å². The van der Waals surface area contributed by atoms with E-state index in [0.717, 1.165) is 51.1 Å². The van der Waals surface area contributed by atoms with Crippen LogP contribution in [0.3, 0.4) is 0 Å². The van der Waals surface area contributed by atoms with Crippen LogP contribution in [-0.2, 0) is 9.53 Å². The first kappa shape index (κ1) is 24.3. The molecular weight excluding hydrogens is 412 g/mol. The fourth-order valence-electron chi connectivity index (χ4n) is 6.24. The normalized spacial score (nSPS) is 33.8. The summed E-state index contributed by atoms with van der Waals surface area (Å²) in [6, 6.07) is 8.85. The summed E-state index contributed by atoms with van der Waals surface area (Å²) in [6.45, 7) is 15.4. The number of carbonyl (C=O) groups excluding carboxylic acids is 1. The molecule has 0 spiro atoms. The first-order valence-electron chi connectivity index (χ1n) is 12.6. The van der Waals surface area contributed by atoms with Crippen molar-refractivity contribution in [2.75, 3.05) is 37.6 Å². The predicted molar refractivity (Wildman–Crippen MR) is 133 cm³/mol. The summed E-state index contributed by atoms with van der Waals surface area (Å²) in [7, 11) is 0. The van der Waals surface area contributed by atoms with Gasteiger partial charge in [-0.3, -0.25) is 9.69 Å². The molecule has 33 heavy (non-hydrogen) atoms. The van der Waals surface area contributed by atoms with Gasteiger partial charge < -0.3 is 14.7 Å². The van der Waals surface area contributed by atoms with Crippen LogP contribution in [0.1, 0.15) is 46.1 Å². The summed E-state index contributed by atoms with van der Waals surface area (Å²) in [5.74, 6) is 0.848. The van der Waals surface area contributed by atoms with E-state index in [2.05, 4.69) is 60.9 Å². The number of ether oxygens (including phenoxy) is 1. The van der Waals surface area contributed by atoms with Gasteiger partial charge in [0, 0.05) is 57.7 Å². The SMILES string of the molecule is CC(=O)O[C@@H]1[CH][C@@]2(O)[C@H](C)CC[C@@H](C(C)CN3CCN(c4ccc(C)cc4)CC3)[C@H]2C=C1C. The zero-order valence-electron chi connectivity index (χ0n) is 21.0. The maximum Gasteiger partial charge on any atom is 0.303 e. The summed E-state index contributed by atoms with van der Waals surface area (Å²) >= 11 is 0. The van der Waals surface area contributed by atoms with Crippen LogP contribution in [-0.4, -0.2) is 60.4 Å². The molecule has 2 aliphatic carbocycles. The Hall–Kier alpha value is -1.85. The number of benzene rings is 1. The molecule has 1 aromatic carbocycles. The topological polar surface area (TPSA) is 53.0 Å². The van der Waals surface area contributed by atoms with E-state index >= 15 is 0 Å². The highest BCUT2D eigenvalue weighted by Gasteiger charge is 2.53. The van der Waals surface area contributed by atoms with E-state index in [1.165, 1.54) is 18.2 Å². The van der Waals surface area contributed by atoms with Crippen molar-refractivity contribution in [2.45, 2.75) is 59.2 Å². The zero-order valence-corrected chi connectivity index (χ0v) is 21.0. The molecule has 1 aromatic rings. The second-order valence-corrected chi connectivity index (χ2v) is 10.8. The Morgan fingerprint density at radius 2 is 1.82 bits per heavy atom. The first-order chi connectivity index (χ1) is 15.7. The van der Waals surface area contributed by atoms with Crippen LogP contribution in [0.15, 0.2) is 35.9 Å². The summed E-state index contributed by atoms with van der Waals surface area (Å²) in [4.78, 5) is 16.6. The van der Waals surface area contributed by atoms with E-state index in [4.69, 9.17) is 4.74 Å². The fourth-order valence-corrected chi connectivity index (χ4v) is 6.24. The molecule has 5 heteroatoms. The van der Waals surface area contributed by atoms with Gasteiger partial charge in [-0.1, -0.05) is 37.6 Å². The van der Waals surface area contributed by atoms with Gasteiger partial charge in [0.2, 0.25) is 0 Å². The summed E-state index contributed by atoms with van der Waals surface area (Å²) < 4.78 is 5.50. The van der Waals surface area contributed by atoms with E-state index in [-0.39, 0.29) is 17.8 Å². The molecule has 2 fully saturated rings. The Morgan fingerprint density at radius 1 is 1.15 bits per heavy atom. The third-order valence-corrected chi connectivity index (χ3v) is 8.37. The second-order valence-electron chi connectivity index (χ2n) is 10.8. The molecule has 181 valence electrons. The van der Waals surface area contributed by atoms with Crippen molar-refractivity contribution in [1.82, 2.24) is 4.90 Å². The highest BCUT2D eigenvalue weighted by molar-refractivity contribution is 5.66. The number of piperazine rings is 1. The molecule has 1 saturated carbocycles. The van der Waals surface area contributed by atoms with Gasteiger partial charge in [-0.15, -0.1) is 0 Å². The van der Waals surface area contributed by atoms with Crippen LogP contribution < -0.4 is 4.90 Å². The lowest BCUT2D eigenvalue weighted by Gasteiger charge is -2.53. The Morgan fingerprint density at radius 3 is 2.45 bits per heavy atom. The number of hydrogen-bond acceptors (Lipinski definition) is 5. The van der Waals surface area contributed by atoms with Crippen molar-refractivity contribution in [3.05, 3.63) is 47.9 Å². The quantitative estimate of drug-likeness (QED) is 0.534. The number of fused-ring (bicyclic) bond motifs is 1. The summed E-state index contributed by atoms with van der Waals surface area (Å²) in [5.41, 5.74) is 2.75. The minimum Gasteiger partial charge on any atom is -0.458 e. The van der Waals surface area contributed by atoms with Crippen molar-refractivity contribution >= 4 is 11.7 Å². The Bertz CT molecular complexity index is 858. The van der Waals surface area contributed by atoms with Crippen molar-refractivity contribution in [2.24, 2.45) is 23.7 Å². The fraction of sp³-hybridized carbons (Fsp3) is 0.643. The Labute approximate surface area is 199 Å². The summed E-state index contributed by atoms with van der Waals surface area (Å²) in [6.07, 6.45) is 5.83. The van der Waals surface area contributed by atoms with Crippen molar-refractivity contribution in [3.63, 3.8) is 0 Å². The van der Waals surface area contributed by atoms with Gasteiger partial charge in [0.05, 0.1) is 5.60 Å². The molecule has 5 nitrogen and oxygen atoms in total. The van der Waals surface area contributed by atoms with Gasteiger partial charge in [0.1, 0.15) is 6.10 Å². The molecule has 1 N–H and O–H groups in total. The molecule has 1 radical (unpaired) electrons. The number of rotatable bonds is 5. The molecule has 1 heterocycles. The Balaban J connectivity index is 1.40. The molecular formula is C28H41N2O3. The van der Waals surface area contributed by atoms with Gasteiger partial charge in [0.15, 0.2) is 0 Å². The highest BCUT2D eigenvalue weighted by Crippen LogP contribution is 2.50. The molecule has 0 bridgehead atoms. The average molecular weight is 454 g/mol. The van der Waals surface area contributed by atoms with Crippen LogP contribution >= 0.6 is 0 Å². The van der Waals surface area contributed by atoms with Crippen molar-refractivity contribution < 1.29 is 14.6 Å². The molecule has 1 unspecified atom stereocenters. The molecule has 3 aliphatic rings. The summed E-state index contributed by atoms with van der Waals surface area (Å²) in [5, 5.41) is 11.8. The number of nitrogens with zero attached hydrogens (tertiary/aromatic N) is 2. The number of hydrogen-bond donors (Lipinski definition) is 1. The van der Waals surface area contributed by atoms with Crippen LogP contribution in [0.2, 0.25) is 0 Å². The van der Waals surface area contributed by atoms with Crippen LogP contribution in [0.25, 0.3) is 0 Å². The third-order valence-electron chi connectivity index (χ3n) is 8.37. The number of aryl methyl sites for hydroxylation is 1. The van der Waals surface area contributed by atoms with Crippen molar-refractivity contribution in [1.29, 1.82) is 0 Å². The molecule has 0 aromatic heterocycles. The second kappa shape index (κ2) is 9.79. The number of esters is 1. The molecule has 4 rings (SSSR count). The first-order valence-corrected chi connectivity index (χ1v) is 12.6. The van der Waals surface area contributed by atoms with Crippen LogP contribution in [0.4, 0.5) is 5.69 Å². The van der Waals surface area contributed by atoms with Crippen molar-refractivity contribution in [3.8, 4) is 0 Å². The standard InChI is InChI=1S/C28H41N2O3/c1-19-6-9-24(10-7-19)30-14-12-29(13-15-30)18-21(3)25-11-8-22(4)28(32)17-27(33-23(5)31)20(2)16-26(25)28/h6-7,9-10,16-17,21-22,25-27,32H,8,11-15,18H2,1-5H3/t21?,22-,25+,26-,27-,28-/m1/s1. The van der Waals surface area contributed by atoms with E-state index in [1.54, 1.807) is 0 Å². The zero-order chi connectivity index (χ0) is 23.8. The number of carbonyl (C=O) groups is 1. The molecule has 1 saturated heterocycles. The van der Waals surface area contributed by atoms with Gasteiger partial charge in [-0.2, -0.15) is 0 Å². The van der Waals surface area contributed by atoms with E-state index in [1.807, 2.05) is 13.3 Å². The smallest absolute Gasteiger partial charge is 0.303 e. The monoisotopic (exact) mass is 453 g/mol. The maximum atomic E-state index is 11.8. The number of aliphatic hydroxyl groups is 1. The molecule has 6 atom stereocenters. The third kappa shape index (κ3) is 5.14. The van der Waals surface area contributed by atoms with Gasteiger partial charge >= 0.3 is 5.97 Å². The predicted octanol–water partition coefficient (Wildman–Crippen LogP) is 4.24. The molecule has 0 amide bonds. The number of anilines is 1. The van der Waals surface area contributed by atoms with Crippen LogP contribution in [0.5, 0.6) is 0 Å². The largest absolute Gasteiger partial charge is 0.458 e. The average Bonchev–Trinajstić information content (AvgIpc) is 2.77. The minimum atomic E-state index is -0.916. The van der Waals surface area contributed by atoms with E-state index in [9.17, 15) is 9.90 Å². The Kier molecular flexibility index (Phi) is 7.20. The highest BCUT2D eigenvalue weighted by atomic mass is 16.5. The minimum absolute atomic E-state index is 0.0805. The molecule has 1 aliphatic heterocycles. The van der Waals surface area contributed by atoms with Gasteiger partial charge in [-0.05, 0) is 62.1 Å².